The van der Waals surface area contributed by atoms with Crippen LogP contribution in [0.3, 0.4) is 0 Å². The molecule has 1 fully saturated rings. The van der Waals surface area contributed by atoms with E-state index in [1.165, 1.54) is 19.3 Å². The molecule has 1 aliphatic rings. The minimum Gasteiger partial charge on any atom is -0.313 e. The van der Waals surface area contributed by atoms with Gasteiger partial charge in [0.1, 0.15) is 0 Å². The molecule has 0 aromatic carbocycles. The summed E-state index contributed by atoms with van der Waals surface area (Å²) in [6.45, 7) is 5.58. The summed E-state index contributed by atoms with van der Waals surface area (Å²) in [7, 11) is 0. The van der Waals surface area contributed by atoms with Crippen molar-refractivity contribution in [3.05, 3.63) is 18.5 Å². The average Bonchev–Trinajstić information content (AvgIpc) is 2.34. The quantitative estimate of drug-likeness (QED) is 0.835. The lowest BCUT2D eigenvalue weighted by Crippen LogP contribution is -2.42. The molecule has 17 heavy (non-hydrogen) atoms. The summed E-state index contributed by atoms with van der Waals surface area (Å²) in [5.41, 5.74) is 0. The molecule has 1 aromatic rings. The second kappa shape index (κ2) is 6.36. The molecule has 1 aliphatic carbocycles. The van der Waals surface area contributed by atoms with Crippen molar-refractivity contribution in [2.75, 3.05) is 6.54 Å². The predicted octanol–water partition coefficient (Wildman–Crippen LogP) is 2.74. The predicted molar refractivity (Wildman–Crippen MR) is 72.2 cm³/mol. The summed E-state index contributed by atoms with van der Waals surface area (Å²) in [4.78, 5) is 8.63. The van der Waals surface area contributed by atoms with Crippen LogP contribution in [0.1, 0.15) is 33.1 Å². The van der Waals surface area contributed by atoms with E-state index in [1.54, 1.807) is 0 Å². The molecule has 3 unspecified atom stereocenters. The van der Waals surface area contributed by atoms with Crippen molar-refractivity contribution in [3.63, 3.8) is 0 Å². The van der Waals surface area contributed by atoms with Crippen LogP contribution in [0.4, 0.5) is 0 Å². The highest BCUT2D eigenvalue weighted by Crippen LogP contribution is 2.34. The Morgan fingerprint density at radius 1 is 1.35 bits per heavy atom. The molecule has 0 amide bonds. The lowest BCUT2D eigenvalue weighted by molar-refractivity contribution is 0.320. The van der Waals surface area contributed by atoms with E-state index in [-0.39, 0.29) is 0 Å². The molecule has 1 aromatic heterocycles. The SMILES string of the molecule is CCNC1CCC(C)CC1Sc1ncccn1. The van der Waals surface area contributed by atoms with Crippen LogP contribution in [-0.4, -0.2) is 27.8 Å². The van der Waals surface area contributed by atoms with Gasteiger partial charge in [0.25, 0.3) is 0 Å². The van der Waals surface area contributed by atoms with Crippen LogP contribution in [0.5, 0.6) is 0 Å². The maximum absolute atomic E-state index is 4.32. The maximum atomic E-state index is 4.32. The normalized spacial score (nSPS) is 29.2. The molecule has 0 radical (unpaired) electrons. The van der Waals surface area contributed by atoms with Crippen molar-refractivity contribution in [2.45, 2.75) is 49.6 Å². The Morgan fingerprint density at radius 2 is 2.12 bits per heavy atom. The van der Waals surface area contributed by atoms with Gasteiger partial charge in [0, 0.05) is 23.7 Å². The first-order chi connectivity index (χ1) is 8.29. The fourth-order valence-electron chi connectivity index (χ4n) is 2.44. The Morgan fingerprint density at radius 3 is 2.82 bits per heavy atom. The first kappa shape index (κ1) is 12.8. The van der Waals surface area contributed by atoms with E-state index < -0.39 is 0 Å². The Hall–Kier alpha value is -0.610. The molecule has 3 atom stereocenters. The fourth-order valence-corrected chi connectivity index (χ4v) is 3.77. The van der Waals surface area contributed by atoms with Crippen molar-refractivity contribution < 1.29 is 0 Å². The van der Waals surface area contributed by atoms with Gasteiger partial charge in [0.15, 0.2) is 5.16 Å². The summed E-state index contributed by atoms with van der Waals surface area (Å²) >= 11 is 1.83. The van der Waals surface area contributed by atoms with E-state index in [1.807, 2.05) is 30.2 Å². The number of aromatic nitrogens is 2. The summed E-state index contributed by atoms with van der Waals surface area (Å²) in [5, 5.41) is 5.12. The molecule has 1 saturated carbocycles. The number of nitrogens with one attached hydrogen (secondary N) is 1. The highest BCUT2D eigenvalue weighted by Gasteiger charge is 2.29. The first-order valence-corrected chi connectivity index (χ1v) is 7.34. The van der Waals surface area contributed by atoms with Gasteiger partial charge in [-0.25, -0.2) is 9.97 Å². The largest absolute Gasteiger partial charge is 0.313 e. The van der Waals surface area contributed by atoms with Crippen LogP contribution < -0.4 is 5.32 Å². The topological polar surface area (TPSA) is 37.8 Å². The Labute approximate surface area is 108 Å². The van der Waals surface area contributed by atoms with E-state index in [0.717, 1.165) is 17.6 Å². The molecular formula is C13H21N3S. The highest BCUT2D eigenvalue weighted by molar-refractivity contribution is 7.99. The molecule has 0 aliphatic heterocycles. The standard InChI is InChI=1S/C13H21N3S/c1-3-14-11-6-5-10(2)9-12(11)17-13-15-7-4-8-16-13/h4,7-8,10-12,14H,3,5-6,9H2,1-2H3. The van der Waals surface area contributed by atoms with Crippen molar-refractivity contribution in [1.82, 2.24) is 15.3 Å². The average molecular weight is 251 g/mol. The lowest BCUT2D eigenvalue weighted by atomic mass is 9.87. The number of hydrogen-bond acceptors (Lipinski definition) is 4. The van der Waals surface area contributed by atoms with Crippen LogP contribution in [0.2, 0.25) is 0 Å². The molecule has 94 valence electrons. The molecule has 1 N–H and O–H groups in total. The summed E-state index contributed by atoms with van der Waals surface area (Å²) in [6, 6.07) is 2.49. The molecule has 0 bridgehead atoms. The van der Waals surface area contributed by atoms with Crippen molar-refractivity contribution >= 4 is 11.8 Å². The smallest absolute Gasteiger partial charge is 0.187 e. The highest BCUT2D eigenvalue weighted by atomic mass is 32.2. The lowest BCUT2D eigenvalue weighted by Gasteiger charge is -2.34. The van der Waals surface area contributed by atoms with E-state index in [2.05, 4.69) is 29.1 Å². The van der Waals surface area contributed by atoms with E-state index in [9.17, 15) is 0 Å². The first-order valence-electron chi connectivity index (χ1n) is 6.46. The third-order valence-electron chi connectivity index (χ3n) is 3.32. The zero-order valence-corrected chi connectivity index (χ0v) is 11.4. The molecule has 3 nitrogen and oxygen atoms in total. The Kier molecular flexibility index (Phi) is 4.80. The zero-order chi connectivity index (χ0) is 12.1. The second-order valence-electron chi connectivity index (χ2n) is 4.77. The van der Waals surface area contributed by atoms with Gasteiger partial charge in [-0.15, -0.1) is 0 Å². The second-order valence-corrected chi connectivity index (χ2v) is 5.98. The fraction of sp³-hybridized carbons (Fsp3) is 0.692. The molecule has 1 heterocycles. The molecule has 4 heteroatoms. The third kappa shape index (κ3) is 3.68. The monoisotopic (exact) mass is 251 g/mol. The minimum absolute atomic E-state index is 0.612. The van der Waals surface area contributed by atoms with Crippen molar-refractivity contribution in [3.8, 4) is 0 Å². The Balaban J connectivity index is 1.99. The Bertz CT molecular complexity index is 331. The van der Waals surface area contributed by atoms with Crippen LogP contribution in [0.25, 0.3) is 0 Å². The van der Waals surface area contributed by atoms with Gasteiger partial charge in [-0.3, -0.25) is 0 Å². The van der Waals surface area contributed by atoms with Crippen LogP contribution in [0.15, 0.2) is 23.6 Å². The van der Waals surface area contributed by atoms with Gasteiger partial charge in [-0.2, -0.15) is 0 Å². The maximum Gasteiger partial charge on any atom is 0.187 e. The van der Waals surface area contributed by atoms with E-state index in [0.29, 0.717) is 11.3 Å². The number of hydrogen-bond donors (Lipinski definition) is 1. The third-order valence-corrected chi connectivity index (χ3v) is 4.56. The van der Waals surface area contributed by atoms with Crippen LogP contribution >= 0.6 is 11.8 Å². The van der Waals surface area contributed by atoms with E-state index in [4.69, 9.17) is 0 Å². The summed E-state index contributed by atoms with van der Waals surface area (Å²) in [6.07, 6.45) is 7.53. The van der Waals surface area contributed by atoms with Gasteiger partial charge in [-0.1, -0.05) is 25.6 Å². The van der Waals surface area contributed by atoms with Gasteiger partial charge in [-0.05, 0) is 37.8 Å². The number of nitrogens with zero attached hydrogens (tertiary/aromatic N) is 2. The molecule has 0 saturated heterocycles. The van der Waals surface area contributed by atoms with Gasteiger partial charge >= 0.3 is 0 Å². The molecular weight excluding hydrogens is 230 g/mol. The molecule has 2 rings (SSSR count). The summed E-state index contributed by atoms with van der Waals surface area (Å²) in [5.74, 6) is 0.825. The zero-order valence-electron chi connectivity index (χ0n) is 10.6. The van der Waals surface area contributed by atoms with Crippen molar-refractivity contribution in [2.24, 2.45) is 5.92 Å². The summed E-state index contributed by atoms with van der Waals surface area (Å²) < 4.78 is 0. The number of thioether (sulfide) groups is 1. The van der Waals surface area contributed by atoms with E-state index >= 15 is 0 Å². The minimum atomic E-state index is 0.612. The van der Waals surface area contributed by atoms with Crippen LogP contribution in [0, 0.1) is 5.92 Å². The number of rotatable bonds is 4. The van der Waals surface area contributed by atoms with Gasteiger partial charge < -0.3 is 5.32 Å². The molecule has 0 spiro atoms. The van der Waals surface area contributed by atoms with Crippen LogP contribution in [-0.2, 0) is 0 Å². The van der Waals surface area contributed by atoms with Gasteiger partial charge in [0.2, 0.25) is 0 Å². The van der Waals surface area contributed by atoms with Gasteiger partial charge in [0.05, 0.1) is 0 Å². The van der Waals surface area contributed by atoms with Crippen molar-refractivity contribution in [1.29, 1.82) is 0 Å².